The van der Waals surface area contributed by atoms with Crippen LogP contribution in [0.4, 0.5) is 0 Å². The Morgan fingerprint density at radius 1 is 0.829 bits per heavy atom. The molecule has 1 spiro atoms. The molecule has 0 aromatic heterocycles. The van der Waals surface area contributed by atoms with Gasteiger partial charge in [0.15, 0.2) is 0 Å². The third-order valence-electron chi connectivity index (χ3n) is 7.69. The zero-order valence-corrected chi connectivity index (χ0v) is 20.5. The van der Waals surface area contributed by atoms with Crippen molar-refractivity contribution in [3.63, 3.8) is 0 Å². The number of ether oxygens (including phenoxy) is 1. The smallest absolute Gasteiger partial charge is 0.257 e. The van der Waals surface area contributed by atoms with Crippen LogP contribution in [0.25, 0.3) is 0 Å². The van der Waals surface area contributed by atoms with Crippen molar-refractivity contribution in [2.45, 2.75) is 51.3 Å². The average Bonchev–Trinajstić information content (AvgIpc) is 3.53. The van der Waals surface area contributed by atoms with Gasteiger partial charge < -0.3 is 14.5 Å². The number of carbonyl (C=O) groups excluding carboxylic acids is 3. The summed E-state index contributed by atoms with van der Waals surface area (Å²) in [5.41, 5.74) is 2.35. The van der Waals surface area contributed by atoms with Gasteiger partial charge in [-0.2, -0.15) is 0 Å². The van der Waals surface area contributed by atoms with Gasteiger partial charge in [0.2, 0.25) is 5.91 Å². The average molecular weight is 476 g/mol. The van der Waals surface area contributed by atoms with E-state index in [-0.39, 0.29) is 24.3 Å². The van der Waals surface area contributed by atoms with E-state index in [1.807, 2.05) is 72.2 Å². The van der Waals surface area contributed by atoms with Gasteiger partial charge in [0.05, 0.1) is 6.61 Å². The lowest BCUT2D eigenvalue weighted by molar-refractivity contribution is -0.136. The first-order chi connectivity index (χ1) is 16.9. The predicted octanol–water partition coefficient (Wildman–Crippen LogP) is 3.40. The fourth-order valence-corrected chi connectivity index (χ4v) is 5.58. The van der Waals surface area contributed by atoms with Gasteiger partial charge in [-0.15, -0.1) is 0 Å². The second-order valence-electron chi connectivity index (χ2n) is 9.95. The molecule has 1 atom stereocenters. The second kappa shape index (κ2) is 9.46. The molecule has 3 aliphatic rings. The molecular weight excluding hydrogens is 442 g/mol. The van der Waals surface area contributed by atoms with Crippen LogP contribution in [0.1, 0.15) is 57.5 Å². The Morgan fingerprint density at radius 3 is 2.14 bits per heavy atom. The van der Waals surface area contributed by atoms with E-state index in [0.717, 1.165) is 37.1 Å². The second-order valence-corrected chi connectivity index (χ2v) is 9.95. The minimum atomic E-state index is -0.885. The molecule has 0 saturated carbocycles. The van der Waals surface area contributed by atoms with Gasteiger partial charge in [-0.05, 0) is 50.5 Å². The van der Waals surface area contributed by atoms with Crippen LogP contribution >= 0.6 is 0 Å². The molecule has 3 aliphatic heterocycles. The highest BCUT2D eigenvalue weighted by molar-refractivity contribution is 5.99. The van der Waals surface area contributed by atoms with E-state index in [2.05, 4.69) is 0 Å². The van der Waals surface area contributed by atoms with Crippen LogP contribution in [0.2, 0.25) is 0 Å². The first-order valence-corrected chi connectivity index (χ1v) is 12.6. The van der Waals surface area contributed by atoms with Gasteiger partial charge in [0, 0.05) is 50.1 Å². The summed E-state index contributed by atoms with van der Waals surface area (Å²) in [6.45, 7) is 6.50. The minimum absolute atomic E-state index is 0.0145. The number of amides is 3. The maximum atomic E-state index is 13.9. The van der Waals surface area contributed by atoms with Crippen LogP contribution in [-0.4, -0.2) is 77.0 Å². The number of benzene rings is 2. The van der Waals surface area contributed by atoms with Crippen molar-refractivity contribution in [1.82, 2.24) is 14.7 Å². The topological polar surface area (TPSA) is 70.2 Å². The first kappa shape index (κ1) is 23.5. The highest BCUT2D eigenvalue weighted by atomic mass is 16.5. The molecule has 0 aliphatic carbocycles. The normalized spacial score (nSPS) is 21.5. The molecule has 184 valence electrons. The molecule has 5 rings (SSSR count). The highest BCUT2D eigenvalue weighted by Crippen LogP contribution is 2.39. The monoisotopic (exact) mass is 475 g/mol. The number of aryl methyl sites for hydroxylation is 2. The Labute approximate surface area is 206 Å². The third-order valence-corrected chi connectivity index (χ3v) is 7.69. The van der Waals surface area contributed by atoms with Gasteiger partial charge in [0.25, 0.3) is 11.8 Å². The summed E-state index contributed by atoms with van der Waals surface area (Å²) in [5, 5.41) is 0. The molecule has 0 bridgehead atoms. The first-order valence-electron chi connectivity index (χ1n) is 12.6. The maximum absolute atomic E-state index is 13.9. The number of hydrogen-bond acceptors (Lipinski definition) is 4. The molecule has 35 heavy (non-hydrogen) atoms. The van der Waals surface area contributed by atoms with E-state index in [9.17, 15) is 14.4 Å². The standard InChI is InChI=1S/C28H33N3O4/c1-20-9-11-22(12-10-20)25(32)30-17-13-28(14-18-30)31(26(33)23-8-4-3-7-21(23)2)24(19-35-28)27(34)29-15-5-6-16-29/h3-4,7-12,24H,5-6,13-19H2,1-2H3. The molecule has 0 radical (unpaired) electrons. The van der Waals surface area contributed by atoms with Gasteiger partial charge in [-0.3, -0.25) is 19.3 Å². The molecule has 2 aromatic rings. The van der Waals surface area contributed by atoms with Crippen LogP contribution in [0.5, 0.6) is 0 Å². The Hall–Kier alpha value is -3.19. The molecule has 3 saturated heterocycles. The molecule has 0 N–H and O–H groups in total. The Balaban J connectivity index is 1.40. The molecule has 1 unspecified atom stereocenters. The third kappa shape index (κ3) is 4.33. The van der Waals surface area contributed by atoms with E-state index in [0.29, 0.717) is 37.1 Å². The molecular formula is C28H33N3O4. The van der Waals surface area contributed by atoms with Crippen molar-refractivity contribution in [2.24, 2.45) is 0 Å². The molecule has 3 amide bonds. The number of nitrogens with zero attached hydrogens (tertiary/aromatic N) is 3. The number of rotatable bonds is 3. The van der Waals surface area contributed by atoms with Crippen LogP contribution < -0.4 is 0 Å². The van der Waals surface area contributed by atoms with Gasteiger partial charge in [-0.25, -0.2) is 0 Å². The summed E-state index contributed by atoms with van der Waals surface area (Å²) in [6, 6.07) is 14.4. The van der Waals surface area contributed by atoms with Crippen molar-refractivity contribution in [1.29, 1.82) is 0 Å². The fourth-order valence-electron chi connectivity index (χ4n) is 5.58. The molecule has 7 nitrogen and oxygen atoms in total. The van der Waals surface area contributed by atoms with E-state index in [1.165, 1.54) is 0 Å². The Morgan fingerprint density at radius 2 is 1.49 bits per heavy atom. The van der Waals surface area contributed by atoms with Crippen molar-refractivity contribution >= 4 is 17.7 Å². The van der Waals surface area contributed by atoms with E-state index in [1.54, 1.807) is 4.90 Å². The summed E-state index contributed by atoms with van der Waals surface area (Å²) in [5.74, 6) is -0.213. The zero-order valence-electron chi connectivity index (χ0n) is 20.5. The SMILES string of the molecule is Cc1ccc(C(=O)N2CCC3(CC2)OCC(C(=O)N2CCCC2)N3C(=O)c2ccccc2C)cc1. The van der Waals surface area contributed by atoms with Crippen molar-refractivity contribution in [2.75, 3.05) is 32.8 Å². The number of piperidine rings is 1. The summed E-state index contributed by atoms with van der Waals surface area (Å²) in [7, 11) is 0. The number of carbonyl (C=O) groups is 3. The lowest BCUT2D eigenvalue weighted by Gasteiger charge is -2.45. The predicted molar refractivity (Wildman–Crippen MR) is 132 cm³/mol. The van der Waals surface area contributed by atoms with Crippen LogP contribution in [-0.2, 0) is 9.53 Å². The summed E-state index contributed by atoms with van der Waals surface area (Å²) < 4.78 is 6.34. The molecule has 2 aromatic carbocycles. The van der Waals surface area contributed by atoms with E-state index >= 15 is 0 Å². The lowest BCUT2D eigenvalue weighted by Crippen LogP contribution is -2.60. The van der Waals surface area contributed by atoms with Crippen LogP contribution in [0.3, 0.4) is 0 Å². The maximum Gasteiger partial charge on any atom is 0.257 e. The summed E-state index contributed by atoms with van der Waals surface area (Å²) in [6.07, 6.45) is 2.94. The summed E-state index contributed by atoms with van der Waals surface area (Å²) in [4.78, 5) is 45.9. The highest BCUT2D eigenvalue weighted by Gasteiger charge is 2.55. The van der Waals surface area contributed by atoms with Crippen molar-refractivity contribution < 1.29 is 19.1 Å². The number of hydrogen-bond donors (Lipinski definition) is 0. The van der Waals surface area contributed by atoms with E-state index < -0.39 is 11.8 Å². The van der Waals surface area contributed by atoms with Crippen LogP contribution in [0.15, 0.2) is 48.5 Å². The Bertz CT molecular complexity index is 1120. The van der Waals surface area contributed by atoms with Crippen LogP contribution in [0, 0.1) is 13.8 Å². The van der Waals surface area contributed by atoms with Gasteiger partial charge in [0.1, 0.15) is 11.8 Å². The van der Waals surface area contributed by atoms with Gasteiger partial charge in [-0.1, -0.05) is 35.9 Å². The van der Waals surface area contributed by atoms with Crippen molar-refractivity contribution in [3.8, 4) is 0 Å². The van der Waals surface area contributed by atoms with E-state index in [4.69, 9.17) is 4.74 Å². The quantitative estimate of drug-likeness (QED) is 0.682. The molecule has 3 heterocycles. The Kier molecular flexibility index (Phi) is 6.36. The van der Waals surface area contributed by atoms with Crippen molar-refractivity contribution in [3.05, 3.63) is 70.8 Å². The molecule has 3 fully saturated rings. The summed E-state index contributed by atoms with van der Waals surface area (Å²) >= 11 is 0. The molecule has 7 heteroatoms. The number of likely N-dealkylation sites (tertiary alicyclic amines) is 2. The zero-order chi connectivity index (χ0) is 24.6. The largest absolute Gasteiger partial charge is 0.353 e. The lowest BCUT2D eigenvalue weighted by atomic mass is 9.95. The fraction of sp³-hybridized carbons (Fsp3) is 0.464. The van der Waals surface area contributed by atoms with Gasteiger partial charge >= 0.3 is 0 Å². The minimum Gasteiger partial charge on any atom is -0.353 e.